The lowest BCUT2D eigenvalue weighted by atomic mass is 9.85. The minimum atomic E-state index is -4.65. The molecule has 2 aromatic rings. The number of anilines is 1. The van der Waals surface area contributed by atoms with Crippen molar-refractivity contribution >= 4 is 34.5 Å². The van der Waals surface area contributed by atoms with E-state index in [2.05, 4.69) is 10.3 Å². The maximum Gasteiger partial charge on any atom is 0.403 e. The van der Waals surface area contributed by atoms with Gasteiger partial charge in [-0.25, -0.2) is 9.37 Å². The molecule has 1 aromatic heterocycles. The molecule has 5 nitrogen and oxygen atoms in total. The molecular weight excluding hydrogens is 475 g/mol. The number of carbonyl (C=O) groups is 1. The van der Waals surface area contributed by atoms with Crippen molar-refractivity contribution in [3.05, 3.63) is 47.7 Å². The van der Waals surface area contributed by atoms with E-state index in [1.807, 2.05) is 0 Å². The lowest BCUT2D eigenvalue weighted by molar-refractivity contribution is -0.155. The van der Waals surface area contributed by atoms with Gasteiger partial charge in [0.1, 0.15) is 11.0 Å². The maximum absolute atomic E-state index is 14.3. The summed E-state index contributed by atoms with van der Waals surface area (Å²) in [6.45, 7) is 0.969. The van der Waals surface area contributed by atoms with Gasteiger partial charge in [0.2, 0.25) is 16.8 Å². The summed E-state index contributed by atoms with van der Waals surface area (Å²) in [6, 6.07) is 4.78. The van der Waals surface area contributed by atoms with Crippen molar-refractivity contribution in [1.29, 1.82) is 0 Å². The standard InChI is InChI=1S/C20H19F5N2O3S2/c1-19(20(23,24)25)8-12(11-5-6-13(21)15(22)16(11)30-2)17(31-19)18(28)27-10-4-7-14(26-9-10)32(3)29/h4-7,9,12,17H,8H2,1-3H3,(H,27,28). The highest BCUT2D eigenvalue weighted by atomic mass is 32.2. The highest BCUT2D eigenvalue weighted by Gasteiger charge is 2.60. The molecule has 1 N–H and O–H groups in total. The Morgan fingerprint density at radius 2 is 2.00 bits per heavy atom. The number of amides is 1. The number of pyridine rings is 1. The number of nitrogens with one attached hydrogen (secondary N) is 1. The molecule has 0 radical (unpaired) electrons. The number of hydrogen-bond donors (Lipinski definition) is 1. The van der Waals surface area contributed by atoms with Crippen LogP contribution in [0.25, 0.3) is 0 Å². The Hall–Kier alpha value is -2.05. The first-order valence-electron chi connectivity index (χ1n) is 9.24. The van der Waals surface area contributed by atoms with Crippen LogP contribution in [-0.4, -0.2) is 45.0 Å². The van der Waals surface area contributed by atoms with Crippen LogP contribution in [0.15, 0.2) is 35.5 Å². The van der Waals surface area contributed by atoms with Crippen LogP contribution in [0.2, 0.25) is 0 Å². The minimum absolute atomic E-state index is 0.0260. The number of carbonyl (C=O) groups excluding carboxylic acids is 1. The number of hydrogen-bond acceptors (Lipinski definition) is 5. The number of aromatic nitrogens is 1. The van der Waals surface area contributed by atoms with Gasteiger partial charge in [0, 0.05) is 28.7 Å². The Bertz CT molecular complexity index is 1000. The van der Waals surface area contributed by atoms with E-state index in [0.717, 1.165) is 26.2 Å². The fourth-order valence-electron chi connectivity index (χ4n) is 3.51. The molecule has 1 saturated heterocycles. The summed E-state index contributed by atoms with van der Waals surface area (Å²) in [4.78, 5) is 16.9. The second kappa shape index (κ2) is 9.06. The molecule has 1 aromatic carbocycles. The number of rotatable bonds is 5. The van der Waals surface area contributed by atoms with Gasteiger partial charge < -0.3 is 14.6 Å². The lowest BCUT2D eigenvalue weighted by Crippen LogP contribution is -2.37. The summed E-state index contributed by atoms with van der Waals surface area (Å²) >= 11 is -0.934. The number of methoxy groups -OCH3 is 1. The third-order valence-electron chi connectivity index (χ3n) is 5.20. The molecule has 174 valence electrons. The topological polar surface area (TPSA) is 74.3 Å². The molecule has 12 heteroatoms. The first-order valence-corrected chi connectivity index (χ1v) is 11.7. The van der Waals surface area contributed by atoms with Gasteiger partial charge in [-0.05, 0) is 25.5 Å². The SMILES string of the molecule is COc1c(C2CC(C)(C(F)(F)F)SC2C(=O)Nc2ccc([S+](C)[O-])nc2)ccc(F)c1F. The second-order valence-electron chi connectivity index (χ2n) is 7.39. The Morgan fingerprint density at radius 1 is 1.31 bits per heavy atom. The average molecular weight is 495 g/mol. The van der Waals surface area contributed by atoms with Crippen LogP contribution >= 0.6 is 11.8 Å². The molecule has 0 saturated carbocycles. The number of alkyl halides is 3. The average Bonchev–Trinajstić information content (AvgIpc) is 3.09. The van der Waals surface area contributed by atoms with Crippen molar-refractivity contribution in [1.82, 2.24) is 4.98 Å². The zero-order valence-electron chi connectivity index (χ0n) is 17.1. The van der Waals surface area contributed by atoms with Gasteiger partial charge in [-0.1, -0.05) is 6.07 Å². The molecule has 1 aliphatic rings. The van der Waals surface area contributed by atoms with Gasteiger partial charge in [-0.15, -0.1) is 11.8 Å². The molecule has 1 amide bonds. The smallest absolute Gasteiger partial charge is 0.403 e. The minimum Gasteiger partial charge on any atom is -0.610 e. The zero-order chi connectivity index (χ0) is 23.8. The van der Waals surface area contributed by atoms with E-state index in [1.165, 1.54) is 24.6 Å². The number of thioether (sulfide) groups is 1. The molecule has 1 aliphatic heterocycles. The predicted molar refractivity (Wildman–Crippen MR) is 111 cm³/mol. The molecule has 1 fully saturated rings. The summed E-state index contributed by atoms with van der Waals surface area (Å²) in [6.07, 6.45) is -2.52. The van der Waals surface area contributed by atoms with Gasteiger partial charge in [0.05, 0.1) is 24.2 Å². The fourth-order valence-corrected chi connectivity index (χ4v) is 5.52. The molecule has 3 rings (SSSR count). The van der Waals surface area contributed by atoms with Crippen LogP contribution in [0.5, 0.6) is 5.75 Å². The van der Waals surface area contributed by atoms with Crippen molar-refractivity contribution in [2.75, 3.05) is 18.7 Å². The molecule has 0 bridgehead atoms. The zero-order valence-corrected chi connectivity index (χ0v) is 18.8. The Kier molecular flexibility index (Phi) is 6.97. The molecule has 0 aliphatic carbocycles. The summed E-state index contributed by atoms with van der Waals surface area (Å²) in [5.74, 6) is -4.94. The quantitative estimate of drug-likeness (QED) is 0.484. The summed E-state index contributed by atoms with van der Waals surface area (Å²) in [5, 5.41) is 1.50. The van der Waals surface area contributed by atoms with Crippen LogP contribution < -0.4 is 10.1 Å². The van der Waals surface area contributed by atoms with Crippen LogP contribution in [-0.2, 0) is 16.0 Å². The number of halogens is 5. The van der Waals surface area contributed by atoms with Gasteiger partial charge in [-0.3, -0.25) is 4.79 Å². The highest BCUT2D eigenvalue weighted by molar-refractivity contribution is 8.02. The van der Waals surface area contributed by atoms with E-state index in [-0.39, 0.29) is 16.3 Å². The lowest BCUT2D eigenvalue weighted by Gasteiger charge is -2.26. The van der Waals surface area contributed by atoms with E-state index < -0.39 is 63.0 Å². The van der Waals surface area contributed by atoms with Crippen molar-refractivity contribution in [2.24, 2.45) is 0 Å². The Balaban J connectivity index is 1.97. The third-order valence-corrected chi connectivity index (χ3v) is 7.75. The fraction of sp³-hybridized carbons (Fsp3) is 0.400. The molecule has 4 unspecified atom stereocenters. The molecule has 2 heterocycles. The summed E-state index contributed by atoms with van der Waals surface area (Å²) < 4.78 is 83.4. The molecule has 4 atom stereocenters. The first-order chi connectivity index (χ1) is 14.9. The Morgan fingerprint density at radius 3 is 2.53 bits per heavy atom. The molecule has 0 spiro atoms. The number of benzene rings is 1. The van der Waals surface area contributed by atoms with Gasteiger partial charge in [0.25, 0.3) is 0 Å². The van der Waals surface area contributed by atoms with Crippen molar-refractivity contribution in [3.63, 3.8) is 0 Å². The van der Waals surface area contributed by atoms with E-state index in [1.54, 1.807) is 0 Å². The van der Waals surface area contributed by atoms with Crippen molar-refractivity contribution in [2.45, 2.75) is 40.5 Å². The maximum atomic E-state index is 14.3. The van der Waals surface area contributed by atoms with Crippen LogP contribution in [0, 0.1) is 11.6 Å². The van der Waals surface area contributed by atoms with E-state index in [4.69, 9.17) is 4.74 Å². The monoisotopic (exact) mass is 494 g/mol. The van der Waals surface area contributed by atoms with Gasteiger partial charge in [0.15, 0.2) is 11.6 Å². The molecule has 32 heavy (non-hydrogen) atoms. The Labute approximate surface area is 188 Å². The number of ether oxygens (including phenoxy) is 1. The van der Waals surface area contributed by atoms with E-state index >= 15 is 0 Å². The molecular formula is C20H19F5N2O3S2. The van der Waals surface area contributed by atoms with Crippen molar-refractivity contribution in [3.8, 4) is 5.75 Å². The van der Waals surface area contributed by atoms with Crippen molar-refractivity contribution < 1.29 is 36.0 Å². The van der Waals surface area contributed by atoms with Crippen LogP contribution in [0.4, 0.5) is 27.6 Å². The first kappa shape index (κ1) is 24.6. The normalized spacial score (nSPS) is 24.3. The highest BCUT2D eigenvalue weighted by Crippen LogP contribution is 2.59. The predicted octanol–water partition coefficient (Wildman–Crippen LogP) is 4.65. The largest absolute Gasteiger partial charge is 0.610 e. The third kappa shape index (κ3) is 4.67. The van der Waals surface area contributed by atoms with Crippen LogP contribution in [0.1, 0.15) is 24.8 Å². The number of nitrogens with zero attached hydrogens (tertiary/aromatic N) is 1. The summed E-state index contributed by atoms with van der Waals surface area (Å²) in [5.41, 5.74) is 0.170. The van der Waals surface area contributed by atoms with E-state index in [0.29, 0.717) is 11.8 Å². The van der Waals surface area contributed by atoms with Gasteiger partial charge in [-0.2, -0.15) is 17.6 Å². The second-order valence-corrected chi connectivity index (χ2v) is 10.4. The summed E-state index contributed by atoms with van der Waals surface area (Å²) in [7, 11) is 1.08. The van der Waals surface area contributed by atoms with E-state index in [9.17, 15) is 31.3 Å². The van der Waals surface area contributed by atoms with Gasteiger partial charge >= 0.3 is 6.18 Å². The van der Waals surface area contributed by atoms with Crippen LogP contribution in [0.3, 0.4) is 0 Å².